The number of H-pyrrole nitrogens is 1. The number of phenolic OH excluding ortho intramolecular Hbond substituents is 1. The van der Waals surface area contributed by atoms with Gasteiger partial charge in [-0.25, -0.2) is 4.39 Å². The van der Waals surface area contributed by atoms with E-state index in [2.05, 4.69) is 10.2 Å². The molecule has 0 bridgehead atoms. The average molecular weight is 393 g/mol. The van der Waals surface area contributed by atoms with Crippen LogP contribution < -0.4 is 0 Å². The normalized spacial score (nSPS) is 21.0. The number of aromatic hydroxyl groups is 1. The number of aromatic amines is 1. The molecule has 2 aromatic carbocycles. The molecule has 2 N–H and O–H groups in total. The number of nitrogens with one attached hydrogen (secondary N) is 1. The molecule has 29 heavy (non-hydrogen) atoms. The third-order valence-electron chi connectivity index (χ3n) is 5.63. The first kappa shape index (κ1) is 17.9. The first-order valence-corrected chi connectivity index (χ1v) is 9.68. The van der Waals surface area contributed by atoms with E-state index in [-0.39, 0.29) is 23.6 Å². The summed E-state index contributed by atoms with van der Waals surface area (Å²) in [7, 11) is 0. The van der Waals surface area contributed by atoms with Gasteiger partial charge in [0.15, 0.2) is 0 Å². The van der Waals surface area contributed by atoms with Crippen LogP contribution >= 0.6 is 0 Å². The number of phenols is 1. The van der Waals surface area contributed by atoms with Crippen molar-refractivity contribution in [3.05, 3.63) is 71.2 Å². The lowest BCUT2D eigenvalue weighted by Crippen LogP contribution is -2.36. The molecule has 0 spiro atoms. The van der Waals surface area contributed by atoms with E-state index in [4.69, 9.17) is 4.74 Å². The Kier molecular flexibility index (Phi) is 4.32. The number of amides is 1. The van der Waals surface area contributed by atoms with Crippen LogP contribution in [0.2, 0.25) is 0 Å². The molecule has 0 unspecified atom stereocenters. The van der Waals surface area contributed by atoms with Crippen molar-refractivity contribution in [2.75, 3.05) is 13.2 Å². The Balaban J connectivity index is 1.64. The fourth-order valence-electron chi connectivity index (χ4n) is 4.26. The van der Waals surface area contributed by atoms with Gasteiger partial charge in [-0.1, -0.05) is 24.3 Å². The van der Waals surface area contributed by atoms with Crippen LogP contribution in [0.25, 0.3) is 11.3 Å². The molecule has 5 rings (SSSR count). The van der Waals surface area contributed by atoms with Crippen LogP contribution in [0.3, 0.4) is 0 Å². The Labute approximate surface area is 166 Å². The van der Waals surface area contributed by atoms with Gasteiger partial charge >= 0.3 is 0 Å². The SMILES string of the molecule is O=C1c2[nH]nc(-c3ccccc3O)c2[C@@H](c2ccc(F)cc2)N1C[C@@H]1CCCO1. The lowest BCUT2D eigenvalue weighted by atomic mass is 9.95. The zero-order valence-electron chi connectivity index (χ0n) is 15.6. The van der Waals surface area contributed by atoms with Crippen molar-refractivity contribution >= 4 is 5.91 Å². The number of carbonyl (C=O) groups excluding carboxylic acids is 1. The average Bonchev–Trinajstić information content (AvgIpc) is 3.44. The molecule has 0 aliphatic carbocycles. The molecule has 148 valence electrons. The van der Waals surface area contributed by atoms with E-state index >= 15 is 0 Å². The van der Waals surface area contributed by atoms with Crippen molar-refractivity contribution in [1.82, 2.24) is 15.1 Å². The molecule has 3 aromatic rings. The van der Waals surface area contributed by atoms with Gasteiger partial charge in [0.2, 0.25) is 0 Å². The molecule has 1 fully saturated rings. The third-order valence-corrected chi connectivity index (χ3v) is 5.63. The summed E-state index contributed by atoms with van der Waals surface area (Å²) in [6.45, 7) is 1.15. The summed E-state index contributed by atoms with van der Waals surface area (Å²) in [5.74, 6) is -0.416. The molecule has 6 nitrogen and oxygen atoms in total. The molecule has 1 saturated heterocycles. The van der Waals surface area contributed by atoms with Crippen molar-refractivity contribution in [3.8, 4) is 17.0 Å². The number of aromatic nitrogens is 2. The molecule has 2 aliphatic rings. The fourth-order valence-corrected chi connectivity index (χ4v) is 4.26. The summed E-state index contributed by atoms with van der Waals surface area (Å²) >= 11 is 0. The number of ether oxygens (including phenoxy) is 1. The van der Waals surface area contributed by atoms with Crippen LogP contribution in [0.1, 0.15) is 40.5 Å². The summed E-state index contributed by atoms with van der Waals surface area (Å²) in [6.07, 6.45) is 1.86. The van der Waals surface area contributed by atoms with Gasteiger partial charge in [-0.3, -0.25) is 9.89 Å². The van der Waals surface area contributed by atoms with E-state index < -0.39 is 6.04 Å². The number of nitrogens with zero attached hydrogens (tertiary/aromatic N) is 2. The number of fused-ring (bicyclic) bond motifs is 1. The number of rotatable bonds is 4. The molecular weight excluding hydrogens is 373 g/mol. The minimum Gasteiger partial charge on any atom is -0.507 e. The minimum atomic E-state index is -0.435. The zero-order chi connectivity index (χ0) is 20.0. The van der Waals surface area contributed by atoms with Crippen LogP contribution in [-0.4, -0.2) is 45.4 Å². The monoisotopic (exact) mass is 393 g/mol. The number of para-hydroxylation sites is 1. The van der Waals surface area contributed by atoms with Crippen molar-refractivity contribution in [2.45, 2.75) is 25.0 Å². The van der Waals surface area contributed by atoms with Gasteiger partial charge in [0, 0.05) is 24.3 Å². The molecule has 3 heterocycles. The lowest BCUT2D eigenvalue weighted by Gasteiger charge is -2.28. The van der Waals surface area contributed by atoms with Crippen molar-refractivity contribution < 1.29 is 19.0 Å². The quantitative estimate of drug-likeness (QED) is 0.709. The van der Waals surface area contributed by atoms with Crippen molar-refractivity contribution in [2.24, 2.45) is 0 Å². The van der Waals surface area contributed by atoms with Crippen LogP contribution in [0.4, 0.5) is 4.39 Å². The molecule has 1 aromatic heterocycles. The van der Waals surface area contributed by atoms with Gasteiger partial charge < -0.3 is 14.7 Å². The predicted molar refractivity (Wildman–Crippen MR) is 104 cm³/mol. The maximum Gasteiger partial charge on any atom is 0.273 e. The fraction of sp³-hybridized carbons (Fsp3) is 0.273. The molecule has 1 amide bonds. The van der Waals surface area contributed by atoms with E-state index in [9.17, 15) is 14.3 Å². The highest BCUT2D eigenvalue weighted by Crippen LogP contribution is 2.44. The van der Waals surface area contributed by atoms with Gasteiger partial charge in [-0.15, -0.1) is 0 Å². The predicted octanol–water partition coefficient (Wildman–Crippen LogP) is 3.65. The van der Waals surface area contributed by atoms with Gasteiger partial charge in [0.05, 0.1) is 12.1 Å². The summed E-state index contributed by atoms with van der Waals surface area (Å²) in [6, 6.07) is 12.6. The Morgan fingerprint density at radius 3 is 2.72 bits per heavy atom. The molecule has 2 aliphatic heterocycles. The standard InChI is InChI=1S/C22H20FN3O3/c23-14-9-7-13(8-10-14)21-18-19(16-5-1-2-6-17(16)27)24-25-20(18)22(28)26(21)12-15-4-3-11-29-15/h1-2,5-10,15,21,27H,3-4,11-12H2,(H,24,25)/t15-,21+/m0/s1. The minimum absolute atomic E-state index is 0.0209. The topological polar surface area (TPSA) is 78.5 Å². The van der Waals surface area contributed by atoms with Crippen LogP contribution in [0.5, 0.6) is 5.75 Å². The smallest absolute Gasteiger partial charge is 0.273 e. The number of benzene rings is 2. The molecule has 2 atom stereocenters. The number of halogens is 1. The van der Waals surface area contributed by atoms with Gasteiger partial charge in [0.25, 0.3) is 5.91 Å². The molecular formula is C22H20FN3O3. The first-order valence-electron chi connectivity index (χ1n) is 9.68. The second-order valence-electron chi connectivity index (χ2n) is 7.42. The first-order chi connectivity index (χ1) is 14.1. The Morgan fingerprint density at radius 1 is 1.21 bits per heavy atom. The van der Waals surface area contributed by atoms with Crippen LogP contribution in [0.15, 0.2) is 48.5 Å². The van der Waals surface area contributed by atoms with E-state index in [1.807, 2.05) is 6.07 Å². The Morgan fingerprint density at radius 2 is 2.00 bits per heavy atom. The highest BCUT2D eigenvalue weighted by molar-refractivity contribution is 6.00. The van der Waals surface area contributed by atoms with Gasteiger partial charge in [0.1, 0.15) is 23.0 Å². The molecule has 0 radical (unpaired) electrons. The third kappa shape index (κ3) is 2.98. The number of hydrogen-bond acceptors (Lipinski definition) is 4. The van der Waals surface area contributed by atoms with E-state index in [0.717, 1.165) is 18.4 Å². The van der Waals surface area contributed by atoms with Gasteiger partial charge in [-0.05, 0) is 42.7 Å². The number of carbonyl (C=O) groups is 1. The van der Waals surface area contributed by atoms with E-state index in [1.54, 1.807) is 35.2 Å². The summed E-state index contributed by atoms with van der Waals surface area (Å²) < 4.78 is 19.3. The summed E-state index contributed by atoms with van der Waals surface area (Å²) in [5, 5.41) is 17.5. The zero-order valence-corrected chi connectivity index (χ0v) is 15.6. The second-order valence-corrected chi connectivity index (χ2v) is 7.42. The van der Waals surface area contributed by atoms with Crippen molar-refractivity contribution in [1.29, 1.82) is 0 Å². The Bertz CT molecular complexity index is 1060. The van der Waals surface area contributed by atoms with Gasteiger partial charge in [-0.2, -0.15) is 5.10 Å². The van der Waals surface area contributed by atoms with Crippen LogP contribution in [-0.2, 0) is 4.74 Å². The second kappa shape index (κ2) is 7.00. The molecule has 0 saturated carbocycles. The maximum atomic E-state index is 13.6. The largest absolute Gasteiger partial charge is 0.507 e. The summed E-state index contributed by atoms with van der Waals surface area (Å²) in [4.78, 5) is 15.0. The molecule has 7 heteroatoms. The highest BCUT2D eigenvalue weighted by Gasteiger charge is 2.43. The van der Waals surface area contributed by atoms with E-state index in [0.29, 0.717) is 35.7 Å². The maximum absolute atomic E-state index is 13.6. The highest BCUT2D eigenvalue weighted by atomic mass is 19.1. The van der Waals surface area contributed by atoms with Crippen LogP contribution in [0, 0.1) is 5.82 Å². The van der Waals surface area contributed by atoms with Crippen molar-refractivity contribution in [3.63, 3.8) is 0 Å². The number of hydrogen-bond donors (Lipinski definition) is 2. The van der Waals surface area contributed by atoms with E-state index in [1.165, 1.54) is 12.1 Å². The Hall–Kier alpha value is -3.19. The lowest BCUT2D eigenvalue weighted by molar-refractivity contribution is 0.0495. The summed E-state index contributed by atoms with van der Waals surface area (Å²) in [5.41, 5.74) is 2.95.